The maximum absolute atomic E-state index is 13.0. The summed E-state index contributed by atoms with van der Waals surface area (Å²) in [4.78, 5) is 13.0. The van der Waals surface area contributed by atoms with Crippen LogP contribution in [0.1, 0.15) is 66.2 Å². The van der Waals surface area contributed by atoms with Gasteiger partial charge < -0.3 is 4.43 Å². The number of carbonyl (C=O) groups excluding carboxylic acids is 1. The van der Waals surface area contributed by atoms with Gasteiger partial charge in [-0.25, -0.2) is 0 Å². The lowest BCUT2D eigenvalue weighted by Gasteiger charge is -2.58. The van der Waals surface area contributed by atoms with Crippen molar-refractivity contribution in [1.82, 2.24) is 0 Å². The first-order valence-electron chi connectivity index (χ1n) is 11.4. The highest BCUT2D eigenvalue weighted by molar-refractivity contribution is 6.48. The van der Waals surface area contributed by atoms with Gasteiger partial charge in [0.2, 0.25) is 9.04 Å². The molecule has 0 heterocycles. The molecule has 4 aliphatic carbocycles. The molecule has 2 fully saturated rings. The molecule has 0 aliphatic heterocycles. The van der Waals surface area contributed by atoms with E-state index in [4.69, 9.17) is 4.43 Å². The number of fused-ring (bicyclic) bond motifs is 5. The van der Waals surface area contributed by atoms with Crippen LogP contribution in [0, 0.1) is 39.9 Å². The molecule has 2 nitrogen and oxygen atoms in total. The van der Waals surface area contributed by atoms with Gasteiger partial charge in [-0.15, -0.1) is 0 Å². The average molecular weight is 400 g/mol. The summed E-state index contributed by atoms with van der Waals surface area (Å²) in [6.45, 7) is 14.8. The lowest BCUT2D eigenvalue weighted by Crippen LogP contribution is -2.53. The van der Waals surface area contributed by atoms with Crippen molar-refractivity contribution in [3.8, 4) is 0 Å². The van der Waals surface area contributed by atoms with Crippen LogP contribution < -0.4 is 0 Å². The molecule has 0 bridgehead atoms. The summed E-state index contributed by atoms with van der Waals surface area (Å²) < 4.78 is 6.15. The van der Waals surface area contributed by atoms with Crippen LogP contribution in [0.5, 0.6) is 0 Å². The van der Waals surface area contributed by atoms with E-state index < -0.39 is 9.04 Å². The molecule has 2 saturated carbocycles. The Hall–Kier alpha value is -0.673. The van der Waals surface area contributed by atoms with Gasteiger partial charge in [0.25, 0.3) is 0 Å². The highest BCUT2D eigenvalue weighted by atomic mass is 28.3. The molecular formula is C25H39O2Si. The van der Waals surface area contributed by atoms with Crippen LogP contribution in [0.4, 0.5) is 0 Å². The summed E-state index contributed by atoms with van der Waals surface area (Å²) in [6, 6.07) is 0. The fourth-order valence-corrected chi connectivity index (χ4v) is 7.58. The molecule has 28 heavy (non-hydrogen) atoms. The highest BCUT2D eigenvalue weighted by Gasteiger charge is 2.59. The van der Waals surface area contributed by atoms with Gasteiger partial charge in [0.05, 0.1) is 5.41 Å². The van der Waals surface area contributed by atoms with E-state index in [9.17, 15) is 4.79 Å². The van der Waals surface area contributed by atoms with Crippen LogP contribution >= 0.6 is 0 Å². The lowest BCUT2D eigenvalue weighted by atomic mass is 9.46. The Morgan fingerprint density at radius 1 is 1.21 bits per heavy atom. The minimum absolute atomic E-state index is 0.257. The molecule has 0 N–H and O–H groups in total. The Labute approximate surface area is 173 Å². The van der Waals surface area contributed by atoms with Crippen LogP contribution in [-0.2, 0) is 9.22 Å². The van der Waals surface area contributed by atoms with Crippen molar-refractivity contribution in [3.63, 3.8) is 0 Å². The largest absolute Gasteiger partial charge is 0.416 e. The Morgan fingerprint density at radius 2 is 1.96 bits per heavy atom. The van der Waals surface area contributed by atoms with Gasteiger partial charge in [-0.05, 0) is 92.2 Å². The van der Waals surface area contributed by atoms with Crippen molar-refractivity contribution in [2.75, 3.05) is 6.61 Å². The number of rotatable bonds is 3. The number of hydrogen-bond acceptors (Lipinski definition) is 2. The minimum Gasteiger partial charge on any atom is -0.416 e. The first kappa shape index (κ1) is 20.6. The fraction of sp³-hybridized carbons (Fsp3) is 0.800. The van der Waals surface area contributed by atoms with Crippen molar-refractivity contribution < 1.29 is 9.22 Å². The van der Waals surface area contributed by atoms with Gasteiger partial charge in [-0.2, -0.15) is 0 Å². The monoisotopic (exact) mass is 399 g/mol. The topological polar surface area (TPSA) is 26.3 Å². The third-order valence-electron chi connectivity index (χ3n) is 8.97. The van der Waals surface area contributed by atoms with Crippen molar-refractivity contribution >= 4 is 14.8 Å². The molecule has 155 valence electrons. The molecule has 0 saturated heterocycles. The van der Waals surface area contributed by atoms with Gasteiger partial charge in [0.15, 0.2) is 5.78 Å². The number of carbonyl (C=O) groups is 1. The predicted molar refractivity (Wildman–Crippen MR) is 117 cm³/mol. The molecule has 0 amide bonds. The second kappa shape index (κ2) is 6.94. The quantitative estimate of drug-likeness (QED) is 0.417. The zero-order chi connectivity index (χ0) is 20.3. The highest BCUT2D eigenvalue weighted by Crippen LogP contribution is 2.64. The van der Waals surface area contributed by atoms with E-state index in [1.165, 1.54) is 25.7 Å². The molecule has 0 aromatic carbocycles. The molecule has 4 aliphatic rings. The van der Waals surface area contributed by atoms with E-state index in [0.717, 1.165) is 24.7 Å². The molecule has 1 radical (unpaired) electrons. The van der Waals surface area contributed by atoms with Crippen molar-refractivity contribution in [2.24, 2.45) is 39.9 Å². The van der Waals surface area contributed by atoms with Gasteiger partial charge in [-0.1, -0.05) is 45.4 Å². The summed E-state index contributed by atoms with van der Waals surface area (Å²) >= 11 is 0. The molecule has 0 unspecified atom stereocenters. The smallest absolute Gasteiger partial charge is 0.204 e. The summed E-state index contributed by atoms with van der Waals surface area (Å²) in [5.41, 5.74) is 2.23. The third-order valence-corrected chi connectivity index (χ3v) is 9.69. The van der Waals surface area contributed by atoms with Crippen LogP contribution in [-0.4, -0.2) is 21.4 Å². The van der Waals surface area contributed by atoms with Crippen LogP contribution in [0.15, 0.2) is 23.8 Å². The van der Waals surface area contributed by atoms with Crippen LogP contribution in [0.25, 0.3) is 0 Å². The maximum atomic E-state index is 13.0. The molecule has 3 heteroatoms. The SMILES string of the molecule is C[Si](C)OC[C@]12CC[C@H]3[C@@H](CC=C4C[C@@H](C(C)(C)C)CC[C@@]43C)[C@@H]1C=CC2=O. The summed E-state index contributed by atoms with van der Waals surface area (Å²) in [7, 11) is -0.771. The molecule has 0 aromatic heterocycles. The zero-order valence-electron chi connectivity index (χ0n) is 18.8. The minimum atomic E-state index is -0.771. The Balaban J connectivity index is 1.61. The van der Waals surface area contributed by atoms with E-state index >= 15 is 0 Å². The van der Waals surface area contributed by atoms with Gasteiger partial charge >= 0.3 is 0 Å². The number of hydrogen-bond donors (Lipinski definition) is 0. The van der Waals surface area contributed by atoms with Gasteiger partial charge in [0.1, 0.15) is 0 Å². The third kappa shape index (κ3) is 3.12. The van der Waals surface area contributed by atoms with Crippen molar-refractivity contribution in [2.45, 2.75) is 79.3 Å². The van der Waals surface area contributed by atoms with E-state index in [0.29, 0.717) is 35.1 Å². The second-order valence-corrected chi connectivity index (χ2v) is 13.7. The van der Waals surface area contributed by atoms with Crippen LogP contribution in [0.2, 0.25) is 13.1 Å². The second-order valence-electron chi connectivity index (χ2n) is 11.6. The number of allylic oxidation sites excluding steroid dienone is 4. The molecule has 0 spiro atoms. The van der Waals surface area contributed by atoms with Crippen molar-refractivity contribution in [1.29, 1.82) is 0 Å². The Bertz CT molecular complexity index is 700. The van der Waals surface area contributed by atoms with Crippen LogP contribution in [0.3, 0.4) is 0 Å². The van der Waals surface area contributed by atoms with Gasteiger partial charge in [-0.3, -0.25) is 4.79 Å². The normalized spacial score (nSPS) is 42.8. The molecule has 0 aromatic rings. The Morgan fingerprint density at radius 3 is 2.64 bits per heavy atom. The average Bonchev–Trinajstić information content (AvgIpc) is 2.95. The predicted octanol–water partition coefficient (Wildman–Crippen LogP) is 6.20. The standard InChI is InChI=1S/C25H39O2Si/c1-23(2,3)17-11-13-24(4)18(15-17)7-8-19-20(24)12-14-25(16-27-28(5)6)21(19)9-10-22(25)26/h7,9-10,17,19-21H,8,11-16H2,1-6H3/t17-,19+,20-,21-,24-,25+/m0/s1. The number of ketones is 1. The van der Waals surface area contributed by atoms with Crippen molar-refractivity contribution in [3.05, 3.63) is 23.8 Å². The van der Waals surface area contributed by atoms with E-state index in [-0.39, 0.29) is 5.41 Å². The first-order valence-corrected chi connectivity index (χ1v) is 13.8. The van der Waals surface area contributed by atoms with E-state index in [1.54, 1.807) is 5.57 Å². The molecule has 4 rings (SSSR count). The molecular weight excluding hydrogens is 360 g/mol. The first-order chi connectivity index (χ1) is 13.1. The summed E-state index contributed by atoms with van der Waals surface area (Å²) in [5.74, 6) is 2.88. The Kier molecular flexibility index (Phi) is 5.10. The van der Waals surface area contributed by atoms with E-state index in [1.807, 2.05) is 6.08 Å². The van der Waals surface area contributed by atoms with E-state index in [2.05, 4.69) is 52.9 Å². The summed E-state index contributed by atoms with van der Waals surface area (Å²) in [5, 5.41) is 0. The fourth-order valence-electron chi connectivity index (χ4n) is 7.03. The summed E-state index contributed by atoms with van der Waals surface area (Å²) in [6.07, 6.45) is 14.1. The maximum Gasteiger partial charge on any atom is 0.204 e. The van der Waals surface area contributed by atoms with Gasteiger partial charge in [0, 0.05) is 6.61 Å². The lowest BCUT2D eigenvalue weighted by molar-refractivity contribution is -0.134. The molecule has 6 atom stereocenters. The zero-order valence-corrected chi connectivity index (χ0v) is 19.8.